The quantitative estimate of drug-likeness (QED) is 0.608. The molecule has 30 heavy (non-hydrogen) atoms. The van der Waals surface area contributed by atoms with Crippen molar-refractivity contribution in [2.45, 2.75) is 6.54 Å². The van der Waals surface area contributed by atoms with Gasteiger partial charge in [0.05, 0.1) is 24.9 Å². The van der Waals surface area contributed by atoms with E-state index in [1.807, 2.05) is 12.1 Å². The van der Waals surface area contributed by atoms with Gasteiger partial charge in [0.15, 0.2) is 0 Å². The van der Waals surface area contributed by atoms with Crippen LogP contribution in [0.2, 0.25) is 5.02 Å². The number of hydrogen-bond donors (Lipinski definition) is 1. The first-order chi connectivity index (χ1) is 14.6. The first-order valence-electron chi connectivity index (χ1n) is 9.24. The van der Waals surface area contributed by atoms with Crippen molar-refractivity contribution in [1.29, 1.82) is 0 Å². The average molecular weight is 420 g/mol. The fourth-order valence-corrected chi connectivity index (χ4v) is 3.40. The molecular weight excluding hydrogens is 402 g/mol. The lowest BCUT2D eigenvalue weighted by molar-refractivity contribution is -0.137. The fourth-order valence-electron chi connectivity index (χ4n) is 3.27. The maximum atomic E-state index is 13.3. The van der Waals surface area contributed by atoms with Crippen molar-refractivity contribution in [3.8, 4) is 5.75 Å². The molecule has 0 spiro atoms. The van der Waals surface area contributed by atoms with E-state index in [-0.39, 0.29) is 23.7 Å². The number of carbonyl (C=O) groups excluding carboxylic acids is 2. The molecule has 0 unspecified atom stereocenters. The summed E-state index contributed by atoms with van der Waals surface area (Å²) in [4.78, 5) is 31.8. The van der Waals surface area contributed by atoms with E-state index >= 15 is 0 Å². The standard InChI is InChI=1S/C23H18ClN3O3/c1-30-19-5-3-2-4-18(19)26-21-20(16-6-8-17(24)9-7-16)22(28)27(23(21)29)14-15-10-12-25-13-11-15/h2-13,26H,14H2,1H3. The highest BCUT2D eigenvalue weighted by atomic mass is 35.5. The number of ether oxygens (including phenoxy) is 1. The number of aromatic nitrogens is 1. The van der Waals surface area contributed by atoms with Gasteiger partial charge in [0.1, 0.15) is 11.4 Å². The van der Waals surface area contributed by atoms with Crippen LogP contribution >= 0.6 is 11.6 Å². The van der Waals surface area contributed by atoms with Gasteiger partial charge in [0, 0.05) is 17.4 Å². The summed E-state index contributed by atoms with van der Waals surface area (Å²) in [5.74, 6) is -0.225. The zero-order valence-electron chi connectivity index (χ0n) is 16.1. The Hall–Kier alpha value is -3.64. The van der Waals surface area contributed by atoms with E-state index in [0.29, 0.717) is 22.0 Å². The summed E-state index contributed by atoms with van der Waals surface area (Å²) in [7, 11) is 1.55. The number of amides is 2. The highest BCUT2D eigenvalue weighted by Gasteiger charge is 2.39. The number of anilines is 1. The van der Waals surface area contributed by atoms with Crippen LogP contribution in [0.15, 0.2) is 78.8 Å². The second kappa shape index (κ2) is 8.39. The second-order valence-corrected chi connectivity index (χ2v) is 7.07. The number of nitrogens with zero attached hydrogens (tertiary/aromatic N) is 2. The zero-order valence-corrected chi connectivity index (χ0v) is 16.9. The van der Waals surface area contributed by atoms with Gasteiger partial charge in [-0.2, -0.15) is 0 Å². The van der Waals surface area contributed by atoms with Crippen LogP contribution in [0.25, 0.3) is 5.57 Å². The van der Waals surface area contributed by atoms with E-state index in [4.69, 9.17) is 16.3 Å². The predicted octanol–water partition coefficient (Wildman–Crippen LogP) is 4.14. The van der Waals surface area contributed by atoms with Gasteiger partial charge in [-0.25, -0.2) is 0 Å². The molecule has 0 fully saturated rings. The van der Waals surface area contributed by atoms with Crippen LogP contribution in [-0.4, -0.2) is 28.8 Å². The summed E-state index contributed by atoms with van der Waals surface area (Å²) in [6, 6.07) is 17.6. The van der Waals surface area contributed by atoms with Crippen molar-refractivity contribution in [1.82, 2.24) is 9.88 Å². The SMILES string of the molecule is COc1ccccc1NC1=C(c2ccc(Cl)cc2)C(=O)N(Cc2ccncc2)C1=O. The number of hydrogen-bond acceptors (Lipinski definition) is 5. The molecule has 1 aromatic heterocycles. The van der Waals surface area contributed by atoms with E-state index in [1.54, 1.807) is 68.0 Å². The van der Waals surface area contributed by atoms with Gasteiger partial charge in [0.25, 0.3) is 11.8 Å². The van der Waals surface area contributed by atoms with E-state index in [9.17, 15) is 9.59 Å². The molecule has 0 aliphatic carbocycles. The Kier molecular flexibility index (Phi) is 5.50. The van der Waals surface area contributed by atoms with Gasteiger partial charge in [0.2, 0.25) is 0 Å². The molecule has 0 bridgehead atoms. The van der Waals surface area contributed by atoms with Crippen LogP contribution in [0.4, 0.5) is 5.69 Å². The summed E-state index contributed by atoms with van der Waals surface area (Å²) in [5, 5.41) is 3.66. The van der Waals surface area contributed by atoms with Crippen molar-refractivity contribution < 1.29 is 14.3 Å². The first kappa shape index (κ1) is 19.7. The van der Waals surface area contributed by atoms with Gasteiger partial charge >= 0.3 is 0 Å². The van der Waals surface area contributed by atoms with Gasteiger partial charge in [-0.3, -0.25) is 19.5 Å². The molecule has 2 amide bonds. The number of nitrogens with one attached hydrogen (secondary N) is 1. The average Bonchev–Trinajstić information content (AvgIpc) is 3.00. The topological polar surface area (TPSA) is 71.5 Å². The molecule has 0 saturated heterocycles. The Bertz CT molecular complexity index is 1130. The minimum atomic E-state index is -0.410. The van der Waals surface area contributed by atoms with Crippen LogP contribution in [0.1, 0.15) is 11.1 Å². The molecule has 150 valence electrons. The van der Waals surface area contributed by atoms with Crippen LogP contribution < -0.4 is 10.1 Å². The fraction of sp³-hybridized carbons (Fsp3) is 0.0870. The molecular formula is C23H18ClN3O3. The number of para-hydroxylation sites is 2. The lowest BCUT2D eigenvalue weighted by atomic mass is 10.0. The molecule has 2 aromatic carbocycles. The molecule has 3 aromatic rings. The summed E-state index contributed by atoms with van der Waals surface area (Å²) >= 11 is 6.01. The molecule has 1 N–H and O–H groups in total. The Morgan fingerprint density at radius 3 is 2.37 bits per heavy atom. The second-order valence-electron chi connectivity index (χ2n) is 6.63. The van der Waals surface area contributed by atoms with Crippen molar-refractivity contribution >= 4 is 34.7 Å². The molecule has 4 rings (SSSR count). The maximum absolute atomic E-state index is 13.3. The number of pyridine rings is 1. The Labute approximate surface area is 178 Å². The third-order valence-corrected chi connectivity index (χ3v) is 5.01. The minimum Gasteiger partial charge on any atom is -0.495 e. The van der Waals surface area contributed by atoms with E-state index in [1.165, 1.54) is 4.90 Å². The highest BCUT2D eigenvalue weighted by Crippen LogP contribution is 2.34. The minimum absolute atomic E-state index is 0.147. The number of imide groups is 1. The smallest absolute Gasteiger partial charge is 0.278 e. The van der Waals surface area contributed by atoms with Crippen molar-refractivity contribution in [3.63, 3.8) is 0 Å². The molecule has 1 aliphatic rings. The Morgan fingerprint density at radius 2 is 1.67 bits per heavy atom. The van der Waals surface area contributed by atoms with Crippen LogP contribution in [0.5, 0.6) is 5.75 Å². The molecule has 0 saturated carbocycles. The Morgan fingerprint density at radius 1 is 0.967 bits per heavy atom. The van der Waals surface area contributed by atoms with Gasteiger partial charge < -0.3 is 10.1 Å². The number of methoxy groups -OCH3 is 1. The van der Waals surface area contributed by atoms with Crippen molar-refractivity contribution in [2.24, 2.45) is 0 Å². The van der Waals surface area contributed by atoms with Gasteiger partial charge in [-0.15, -0.1) is 0 Å². The lowest BCUT2D eigenvalue weighted by Gasteiger charge is -2.15. The monoisotopic (exact) mass is 419 g/mol. The zero-order chi connectivity index (χ0) is 21.1. The molecule has 6 nitrogen and oxygen atoms in total. The first-order valence-corrected chi connectivity index (χ1v) is 9.61. The maximum Gasteiger partial charge on any atom is 0.278 e. The highest BCUT2D eigenvalue weighted by molar-refractivity contribution is 6.36. The van der Waals surface area contributed by atoms with E-state index < -0.39 is 5.91 Å². The number of benzene rings is 2. The largest absolute Gasteiger partial charge is 0.495 e. The predicted molar refractivity (Wildman–Crippen MR) is 115 cm³/mol. The van der Waals surface area contributed by atoms with Gasteiger partial charge in [-0.05, 0) is 47.5 Å². The Balaban J connectivity index is 1.77. The number of carbonyl (C=O) groups is 2. The van der Waals surface area contributed by atoms with Crippen molar-refractivity contribution in [3.05, 3.63) is 94.9 Å². The molecule has 1 aliphatic heterocycles. The normalized spacial score (nSPS) is 13.7. The third kappa shape index (κ3) is 3.77. The third-order valence-electron chi connectivity index (χ3n) is 4.76. The van der Waals surface area contributed by atoms with Gasteiger partial charge in [-0.1, -0.05) is 35.9 Å². The number of rotatable bonds is 6. The van der Waals surface area contributed by atoms with Crippen molar-refractivity contribution in [2.75, 3.05) is 12.4 Å². The van der Waals surface area contributed by atoms with E-state index in [0.717, 1.165) is 5.56 Å². The summed E-state index contributed by atoms with van der Waals surface area (Å²) in [5.41, 5.74) is 2.49. The molecule has 0 atom stereocenters. The summed E-state index contributed by atoms with van der Waals surface area (Å²) < 4.78 is 5.38. The van der Waals surface area contributed by atoms with E-state index in [2.05, 4.69) is 10.3 Å². The lowest BCUT2D eigenvalue weighted by Crippen LogP contribution is -2.32. The van der Waals surface area contributed by atoms with Crippen LogP contribution in [-0.2, 0) is 16.1 Å². The summed E-state index contributed by atoms with van der Waals surface area (Å²) in [6.07, 6.45) is 3.25. The molecule has 0 radical (unpaired) electrons. The summed E-state index contributed by atoms with van der Waals surface area (Å²) in [6.45, 7) is 0.147. The molecule has 2 heterocycles. The number of halogens is 1. The van der Waals surface area contributed by atoms with Crippen LogP contribution in [0, 0.1) is 0 Å². The van der Waals surface area contributed by atoms with Crippen LogP contribution in [0.3, 0.4) is 0 Å². The molecule has 7 heteroatoms.